The van der Waals surface area contributed by atoms with Gasteiger partial charge in [0.2, 0.25) is 0 Å². The third-order valence-electron chi connectivity index (χ3n) is 3.50. The lowest BCUT2D eigenvalue weighted by Gasteiger charge is -2.21. The molecule has 0 aromatic carbocycles. The van der Waals surface area contributed by atoms with Gasteiger partial charge in [0.05, 0.1) is 5.56 Å². The van der Waals surface area contributed by atoms with Crippen molar-refractivity contribution in [2.75, 3.05) is 0 Å². The van der Waals surface area contributed by atoms with Gasteiger partial charge in [-0.15, -0.1) is 0 Å². The summed E-state index contributed by atoms with van der Waals surface area (Å²) in [5, 5.41) is 3.14. The van der Waals surface area contributed by atoms with Crippen molar-refractivity contribution >= 4 is 21.8 Å². The van der Waals surface area contributed by atoms with Gasteiger partial charge in [-0.2, -0.15) is 0 Å². The van der Waals surface area contributed by atoms with Crippen molar-refractivity contribution in [2.45, 2.75) is 49.9 Å². The normalized spacial score (nSPS) is 24.3. The average molecular weight is 311 g/mol. The topological polar surface area (TPSA) is 42.0 Å². The Morgan fingerprint density at radius 1 is 1.39 bits per heavy atom. The van der Waals surface area contributed by atoms with Gasteiger partial charge in [-0.05, 0) is 31.9 Å². The van der Waals surface area contributed by atoms with Crippen LogP contribution in [0.1, 0.15) is 48.2 Å². The monoisotopic (exact) mass is 310 g/mol. The van der Waals surface area contributed by atoms with Crippen molar-refractivity contribution in [1.29, 1.82) is 0 Å². The van der Waals surface area contributed by atoms with E-state index in [-0.39, 0.29) is 11.9 Å². The van der Waals surface area contributed by atoms with Crippen LogP contribution in [-0.2, 0) is 0 Å². The Balaban J connectivity index is 2.04. The van der Waals surface area contributed by atoms with Gasteiger partial charge in [-0.25, -0.2) is 0 Å². The molecule has 1 amide bonds. The number of hydrogen-bond acceptors (Lipinski definition) is 2. The summed E-state index contributed by atoms with van der Waals surface area (Å²) < 4.78 is 0. The van der Waals surface area contributed by atoms with Crippen LogP contribution in [0, 0.1) is 6.92 Å². The molecule has 4 heteroatoms. The number of amides is 1. The molecule has 1 aromatic heterocycles. The van der Waals surface area contributed by atoms with Crippen molar-refractivity contribution < 1.29 is 4.79 Å². The van der Waals surface area contributed by atoms with Crippen LogP contribution in [-0.4, -0.2) is 21.8 Å². The minimum absolute atomic E-state index is 0.00282. The Kier molecular flexibility index (Phi) is 4.75. The summed E-state index contributed by atoms with van der Waals surface area (Å²) in [5.74, 6) is -0.00282. The highest BCUT2D eigenvalue weighted by Crippen LogP contribution is 2.24. The predicted molar refractivity (Wildman–Crippen MR) is 76.0 cm³/mol. The van der Waals surface area contributed by atoms with Gasteiger partial charge in [-0.3, -0.25) is 9.78 Å². The van der Waals surface area contributed by atoms with Gasteiger partial charge >= 0.3 is 0 Å². The molecule has 2 atom stereocenters. The Hall–Kier alpha value is -0.900. The molecule has 0 spiro atoms. The van der Waals surface area contributed by atoms with Crippen molar-refractivity contribution in [3.63, 3.8) is 0 Å². The summed E-state index contributed by atoms with van der Waals surface area (Å²) in [6.45, 7) is 1.87. The maximum atomic E-state index is 12.2. The number of halogens is 1. The summed E-state index contributed by atoms with van der Waals surface area (Å²) in [7, 11) is 0. The Morgan fingerprint density at radius 3 is 2.94 bits per heavy atom. The van der Waals surface area contributed by atoms with E-state index in [4.69, 9.17) is 0 Å². The number of aromatic nitrogens is 1. The molecule has 1 aliphatic rings. The van der Waals surface area contributed by atoms with Gasteiger partial charge in [0.25, 0.3) is 5.91 Å². The van der Waals surface area contributed by atoms with E-state index < -0.39 is 0 Å². The molecule has 1 aromatic rings. The zero-order valence-corrected chi connectivity index (χ0v) is 12.2. The van der Waals surface area contributed by atoms with Crippen molar-refractivity contribution in [2.24, 2.45) is 0 Å². The number of alkyl halides is 1. The summed E-state index contributed by atoms with van der Waals surface area (Å²) in [5.41, 5.74) is 1.47. The number of nitrogens with zero attached hydrogens (tertiary/aromatic N) is 1. The lowest BCUT2D eigenvalue weighted by atomic mass is 10.1. The molecule has 0 bridgehead atoms. The van der Waals surface area contributed by atoms with Crippen molar-refractivity contribution in [1.82, 2.24) is 10.3 Å². The van der Waals surface area contributed by atoms with Gasteiger partial charge in [-0.1, -0.05) is 35.2 Å². The van der Waals surface area contributed by atoms with Crippen LogP contribution in [0.4, 0.5) is 0 Å². The van der Waals surface area contributed by atoms with Gasteiger partial charge in [0.1, 0.15) is 0 Å². The molecule has 2 rings (SSSR count). The maximum absolute atomic E-state index is 12.2. The smallest absolute Gasteiger partial charge is 0.253 e. The number of rotatable bonds is 2. The second kappa shape index (κ2) is 6.32. The van der Waals surface area contributed by atoms with E-state index in [9.17, 15) is 4.79 Å². The highest BCUT2D eigenvalue weighted by Gasteiger charge is 2.23. The molecule has 0 saturated heterocycles. The Labute approximate surface area is 117 Å². The number of hydrogen-bond donors (Lipinski definition) is 1. The van der Waals surface area contributed by atoms with Gasteiger partial charge < -0.3 is 5.32 Å². The highest BCUT2D eigenvalue weighted by atomic mass is 79.9. The molecule has 3 nitrogen and oxygen atoms in total. The Bertz CT molecular complexity index is 422. The minimum Gasteiger partial charge on any atom is -0.348 e. The molecule has 1 N–H and O–H groups in total. The van der Waals surface area contributed by atoms with Crippen LogP contribution in [0.15, 0.2) is 18.3 Å². The van der Waals surface area contributed by atoms with E-state index in [1.54, 1.807) is 12.3 Å². The molecule has 18 heavy (non-hydrogen) atoms. The fourth-order valence-corrected chi connectivity index (χ4v) is 3.12. The average Bonchev–Trinajstić information content (AvgIpc) is 2.55. The van der Waals surface area contributed by atoms with E-state index in [1.807, 2.05) is 13.0 Å². The van der Waals surface area contributed by atoms with Crippen molar-refractivity contribution in [3.05, 3.63) is 29.6 Å². The molecule has 1 aliphatic carbocycles. The molecular formula is C14H19BrN2O. The summed E-state index contributed by atoms with van der Waals surface area (Å²) in [6, 6.07) is 3.87. The number of aryl methyl sites for hydroxylation is 1. The molecule has 2 unspecified atom stereocenters. The van der Waals surface area contributed by atoms with E-state index >= 15 is 0 Å². The first-order valence-electron chi connectivity index (χ1n) is 6.55. The summed E-state index contributed by atoms with van der Waals surface area (Å²) in [6.07, 6.45) is 7.61. The quantitative estimate of drug-likeness (QED) is 0.673. The number of carbonyl (C=O) groups excluding carboxylic acids is 1. The molecule has 1 fully saturated rings. The van der Waals surface area contributed by atoms with Crippen LogP contribution in [0.25, 0.3) is 0 Å². The van der Waals surface area contributed by atoms with Gasteiger partial charge in [0, 0.05) is 22.8 Å². The van der Waals surface area contributed by atoms with E-state index in [0.717, 1.165) is 18.5 Å². The van der Waals surface area contributed by atoms with E-state index in [2.05, 4.69) is 26.2 Å². The Morgan fingerprint density at radius 2 is 2.17 bits per heavy atom. The molecule has 1 saturated carbocycles. The van der Waals surface area contributed by atoms with Crippen LogP contribution in [0.2, 0.25) is 0 Å². The first kappa shape index (κ1) is 13.5. The van der Waals surface area contributed by atoms with Crippen LogP contribution >= 0.6 is 15.9 Å². The molecule has 98 valence electrons. The second-order valence-electron chi connectivity index (χ2n) is 4.87. The SMILES string of the molecule is Cc1ncccc1C(=O)NC1CCCCCC1Br. The molecular weight excluding hydrogens is 292 g/mol. The zero-order valence-electron chi connectivity index (χ0n) is 10.7. The first-order valence-corrected chi connectivity index (χ1v) is 7.46. The number of nitrogens with one attached hydrogen (secondary N) is 1. The van der Waals surface area contributed by atoms with Gasteiger partial charge in [0.15, 0.2) is 0 Å². The van der Waals surface area contributed by atoms with E-state index in [1.165, 1.54) is 19.3 Å². The lowest BCUT2D eigenvalue weighted by Crippen LogP contribution is -2.40. The van der Waals surface area contributed by atoms with Crippen molar-refractivity contribution in [3.8, 4) is 0 Å². The third-order valence-corrected chi connectivity index (χ3v) is 4.60. The fourth-order valence-electron chi connectivity index (χ4n) is 2.40. The predicted octanol–water partition coefficient (Wildman–Crippen LogP) is 3.22. The molecule has 1 heterocycles. The highest BCUT2D eigenvalue weighted by molar-refractivity contribution is 9.09. The third kappa shape index (κ3) is 3.31. The number of pyridine rings is 1. The maximum Gasteiger partial charge on any atom is 0.253 e. The van der Waals surface area contributed by atoms with E-state index in [0.29, 0.717) is 10.4 Å². The van der Waals surface area contributed by atoms with Crippen LogP contribution < -0.4 is 5.32 Å². The van der Waals surface area contributed by atoms with Crippen LogP contribution in [0.5, 0.6) is 0 Å². The first-order chi connectivity index (χ1) is 8.68. The lowest BCUT2D eigenvalue weighted by molar-refractivity contribution is 0.0934. The summed E-state index contributed by atoms with van der Waals surface area (Å²) >= 11 is 3.69. The van der Waals surface area contributed by atoms with Crippen LogP contribution in [0.3, 0.4) is 0 Å². The minimum atomic E-state index is -0.00282. The second-order valence-corrected chi connectivity index (χ2v) is 6.05. The fraction of sp³-hybridized carbons (Fsp3) is 0.571. The molecule has 0 aliphatic heterocycles. The largest absolute Gasteiger partial charge is 0.348 e. The number of carbonyl (C=O) groups is 1. The summed E-state index contributed by atoms with van der Waals surface area (Å²) in [4.78, 5) is 16.8. The zero-order chi connectivity index (χ0) is 13.0. The molecule has 0 radical (unpaired) electrons. The standard InChI is InChI=1S/C14H19BrN2O/c1-10-11(6-5-9-16-10)14(18)17-13-8-4-2-3-7-12(13)15/h5-6,9,12-13H,2-4,7-8H2,1H3,(H,17,18).